The van der Waals surface area contributed by atoms with Crippen molar-refractivity contribution in [3.63, 3.8) is 0 Å². The van der Waals surface area contributed by atoms with Gasteiger partial charge in [0.05, 0.1) is 6.54 Å². The van der Waals surface area contributed by atoms with Crippen LogP contribution in [0.2, 0.25) is 0 Å². The van der Waals surface area contributed by atoms with E-state index in [1.54, 1.807) is 0 Å². The smallest absolute Gasteiger partial charge is 0.223 e. The number of halogens is 1. The summed E-state index contributed by atoms with van der Waals surface area (Å²) in [5, 5.41) is 3.08. The fourth-order valence-corrected chi connectivity index (χ4v) is 4.93. The molecule has 0 spiro atoms. The fourth-order valence-electron chi connectivity index (χ4n) is 4.93. The van der Waals surface area contributed by atoms with Crippen molar-refractivity contribution in [1.82, 2.24) is 5.32 Å². The number of ether oxygens (including phenoxy) is 1. The quantitative estimate of drug-likeness (QED) is 0.687. The molecule has 2 aliphatic rings. The number of rotatable bonds is 6. The molecule has 0 aromatic heterocycles. The van der Waals surface area contributed by atoms with E-state index in [9.17, 15) is 4.79 Å². The van der Waals surface area contributed by atoms with Gasteiger partial charge in [-0.1, -0.05) is 55.0 Å². The van der Waals surface area contributed by atoms with Gasteiger partial charge < -0.3 is 15.8 Å². The highest BCUT2D eigenvalue weighted by Gasteiger charge is 2.40. The van der Waals surface area contributed by atoms with Gasteiger partial charge in [-0.25, -0.2) is 0 Å². The Labute approximate surface area is 179 Å². The van der Waals surface area contributed by atoms with E-state index in [4.69, 9.17) is 10.5 Å². The minimum Gasteiger partial charge on any atom is -0.491 e. The van der Waals surface area contributed by atoms with Crippen molar-refractivity contribution in [2.75, 3.05) is 13.2 Å². The summed E-state index contributed by atoms with van der Waals surface area (Å²) in [4.78, 5) is 12.6. The molecule has 0 heterocycles. The highest BCUT2D eigenvalue weighted by atomic mass is 35.5. The van der Waals surface area contributed by atoms with E-state index in [1.165, 1.54) is 19.3 Å². The summed E-state index contributed by atoms with van der Waals surface area (Å²) in [5.74, 6) is 2.19. The van der Waals surface area contributed by atoms with E-state index in [1.807, 2.05) is 36.4 Å². The van der Waals surface area contributed by atoms with Crippen LogP contribution in [-0.4, -0.2) is 25.1 Å². The van der Waals surface area contributed by atoms with Crippen LogP contribution in [0, 0.1) is 17.8 Å². The zero-order chi connectivity index (χ0) is 19.3. The van der Waals surface area contributed by atoms with Gasteiger partial charge in [0.2, 0.25) is 5.91 Å². The molecular weight excluding hydrogens is 384 g/mol. The van der Waals surface area contributed by atoms with Crippen molar-refractivity contribution in [3.8, 4) is 16.9 Å². The average molecular weight is 415 g/mol. The molecular formula is C24H31ClN2O2. The lowest BCUT2D eigenvalue weighted by atomic mass is 9.65. The summed E-state index contributed by atoms with van der Waals surface area (Å²) in [5.41, 5.74) is 8.55. The fraction of sp³-hybridized carbons (Fsp3) is 0.458. The van der Waals surface area contributed by atoms with E-state index in [0.717, 1.165) is 29.7 Å². The van der Waals surface area contributed by atoms with Crippen molar-refractivity contribution in [2.24, 2.45) is 23.5 Å². The zero-order valence-corrected chi connectivity index (χ0v) is 17.6. The van der Waals surface area contributed by atoms with Crippen LogP contribution >= 0.6 is 12.4 Å². The lowest BCUT2D eigenvalue weighted by Gasteiger charge is -2.43. The SMILES string of the molecule is Cl.NC1C2CCCC1CC(C(=O)NCCOc1ccccc1-c1ccccc1)C2. The zero-order valence-electron chi connectivity index (χ0n) is 16.8. The molecule has 2 unspecified atom stereocenters. The molecule has 2 bridgehead atoms. The van der Waals surface area contributed by atoms with E-state index >= 15 is 0 Å². The molecule has 0 aliphatic heterocycles. The molecule has 0 radical (unpaired) electrons. The molecule has 5 heteroatoms. The van der Waals surface area contributed by atoms with Gasteiger partial charge in [-0.15, -0.1) is 12.4 Å². The van der Waals surface area contributed by atoms with Crippen LogP contribution in [0.15, 0.2) is 54.6 Å². The summed E-state index contributed by atoms with van der Waals surface area (Å²) in [6.07, 6.45) is 5.52. The topological polar surface area (TPSA) is 64.4 Å². The highest BCUT2D eigenvalue weighted by molar-refractivity contribution is 5.85. The number of para-hydroxylation sites is 1. The molecule has 4 nitrogen and oxygen atoms in total. The largest absolute Gasteiger partial charge is 0.491 e. The highest BCUT2D eigenvalue weighted by Crippen LogP contribution is 2.41. The number of hydrogen-bond donors (Lipinski definition) is 2. The number of amides is 1. The number of fused-ring (bicyclic) bond motifs is 2. The third-order valence-corrected chi connectivity index (χ3v) is 6.41. The lowest BCUT2D eigenvalue weighted by Crippen LogP contribution is -2.49. The van der Waals surface area contributed by atoms with Gasteiger partial charge in [0.1, 0.15) is 12.4 Å². The molecule has 2 saturated carbocycles. The molecule has 2 aromatic rings. The Morgan fingerprint density at radius 1 is 1.00 bits per heavy atom. The number of carbonyl (C=O) groups is 1. The van der Waals surface area contributed by atoms with Crippen molar-refractivity contribution >= 4 is 18.3 Å². The first-order valence-corrected chi connectivity index (χ1v) is 10.5. The van der Waals surface area contributed by atoms with E-state index in [-0.39, 0.29) is 24.2 Å². The van der Waals surface area contributed by atoms with E-state index in [2.05, 4.69) is 23.5 Å². The lowest BCUT2D eigenvalue weighted by molar-refractivity contribution is -0.128. The summed E-state index contributed by atoms with van der Waals surface area (Å²) in [7, 11) is 0. The summed E-state index contributed by atoms with van der Waals surface area (Å²) in [6.45, 7) is 0.995. The van der Waals surface area contributed by atoms with E-state index < -0.39 is 0 Å². The normalized spacial score (nSPS) is 25.6. The van der Waals surface area contributed by atoms with Crippen LogP contribution in [0.5, 0.6) is 5.75 Å². The van der Waals surface area contributed by atoms with E-state index in [0.29, 0.717) is 31.0 Å². The molecule has 3 N–H and O–H groups in total. The Kier molecular flexibility index (Phi) is 7.57. The molecule has 2 aliphatic carbocycles. The Bertz CT molecular complexity index is 784. The third-order valence-electron chi connectivity index (χ3n) is 6.41. The summed E-state index contributed by atoms with van der Waals surface area (Å²) in [6, 6.07) is 18.6. The molecule has 1 amide bonds. The number of carbonyl (C=O) groups excluding carboxylic acids is 1. The van der Waals surface area contributed by atoms with Gasteiger partial charge in [-0.2, -0.15) is 0 Å². The Balaban J connectivity index is 0.00000240. The Hall–Kier alpha value is -2.04. The first-order chi connectivity index (χ1) is 13.7. The van der Waals surface area contributed by atoms with Crippen LogP contribution in [0.1, 0.15) is 32.1 Å². The molecule has 156 valence electrons. The van der Waals surface area contributed by atoms with Gasteiger partial charge in [-0.3, -0.25) is 4.79 Å². The minimum absolute atomic E-state index is 0. The number of nitrogens with one attached hydrogen (secondary N) is 1. The maximum atomic E-state index is 12.6. The van der Waals surface area contributed by atoms with Crippen molar-refractivity contribution < 1.29 is 9.53 Å². The van der Waals surface area contributed by atoms with Crippen LogP contribution < -0.4 is 15.8 Å². The predicted octanol–water partition coefficient (Wildman–Crippen LogP) is 4.42. The second kappa shape index (κ2) is 10.1. The maximum Gasteiger partial charge on any atom is 0.223 e. The number of nitrogens with two attached hydrogens (primary N) is 1. The van der Waals surface area contributed by atoms with Gasteiger partial charge >= 0.3 is 0 Å². The Morgan fingerprint density at radius 2 is 1.66 bits per heavy atom. The second-order valence-corrected chi connectivity index (χ2v) is 8.20. The van der Waals surface area contributed by atoms with Crippen LogP contribution in [0.4, 0.5) is 0 Å². The molecule has 2 atom stereocenters. The average Bonchev–Trinajstić information content (AvgIpc) is 2.72. The maximum absolute atomic E-state index is 12.6. The minimum atomic E-state index is 0. The first kappa shape index (κ1) is 21.7. The number of hydrogen-bond acceptors (Lipinski definition) is 3. The summed E-state index contributed by atoms with van der Waals surface area (Å²) < 4.78 is 5.99. The van der Waals surface area contributed by atoms with Gasteiger partial charge in [-0.05, 0) is 49.1 Å². The van der Waals surface area contributed by atoms with Crippen LogP contribution in [0.25, 0.3) is 11.1 Å². The predicted molar refractivity (Wildman–Crippen MR) is 119 cm³/mol. The Morgan fingerprint density at radius 3 is 2.38 bits per heavy atom. The molecule has 2 aromatic carbocycles. The van der Waals surface area contributed by atoms with Crippen LogP contribution in [0.3, 0.4) is 0 Å². The van der Waals surface area contributed by atoms with Gasteiger partial charge in [0, 0.05) is 17.5 Å². The first-order valence-electron chi connectivity index (χ1n) is 10.5. The molecule has 29 heavy (non-hydrogen) atoms. The van der Waals surface area contributed by atoms with Crippen molar-refractivity contribution in [3.05, 3.63) is 54.6 Å². The van der Waals surface area contributed by atoms with Crippen molar-refractivity contribution in [2.45, 2.75) is 38.1 Å². The van der Waals surface area contributed by atoms with Gasteiger partial charge in [0.25, 0.3) is 0 Å². The van der Waals surface area contributed by atoms with Crippen molar-refractivity contribution in [1.29, 1.82) is 0 Å². The summed E-state index contributed by atoms with van der Waals surface area (Å²) >= 11 is 0. The second-order valence-electron chi connectivity index (χ2n) is 8.20. The monoisotopic (exact) mass is 414 g/mol. The molecule has 4 rings (SSSR count). The molecule has 0 saturated heterocycles. The molecule has 2 fully saturated rings. The third kappa shape index (κ3) is 5.12. The number of benzene rings is 2. The standard InChI is InChI=1S/C24H30N2O2.ClH/c25-23-18-9-6-10-19(23)16-20(15-18)24(27)26-13-14-28-22-12-5-4-11-21(22)17-7-2-1-3-8-17;/h1-5,7-8,11-12,18-20,23H,6,9-10,13-16,25H2,(H,26,27);1H. The van der Waals surface area contributed by atoms with Crippen LogP contribution in [-0.2, 0) is 4.79 Å². The van der Waals surface area contributed by atoms with Gasteiger partial charge in [0.15, 0.2) is 0 Å².